The Morgan fingerprint density at radius 2 is 2.12 bits per heavy atom. The van der Waals surface area contributed by atoms with Crippen LogP contribution in [-0.2, 0) is 0 Å². The molecule has 0 radical (unpaired) electrons. The molecule has 0 aliphatic rings. The van der Waals surface area contributed by atoms with Crippen molar-refractivity contribution >= 4 is 11.8 Å². The van der Waals surface area contributed by atoms with Gasteiger partial charge in [0.05, 0.1) is 0 Å². The van der Waals surface area contributed by atoms with Gasteiger partial charge in [-0.2, -0.15) is 0 Å². The average molecular weight is 133 g/mol. The van der Waals surface area contributed by atoms with Gasteiger partial charge in [0.25, 0.3) is 0 Å². The maximum atomic E-state index is 3.09. The average Bonchev–Trinajstić information content (AvgIpc) is 1.66. The molecule has 50 valence electrons. The van der Waals surface area contributed by atoms with Gasteiger partial charge in [0, 0.05) is 5.88 Å². The summed E-state index contributed by atoms with van der Waals surface area (Å²) in [6.07, 6.45) is 0. The molecule has 1 N–H and O–H groups in total. The summed E-state index contributed by atoms with van der Waals surface area (Å²) < 4.78 is 0. The Hall–Kier alpha value is 0.310. The van der Waals surface area contributed by atoms with Crippen LogP contribution in [0.4, 0.5) is 0 Å². The molecule has 1 nitrogen and oxygen atoms in total. The summed E-state index contributed by atoms with van der Waals surface area (Å²) in [4.78, 5) is 0. The van der Waals surface area contributed by atoms with Crippen molar-refractivity contribution in [3.05, 3.63) is 0 Å². The van der Waals surface area contributed by atoms with Gasteiger partial charge in [0.1, 0.15) is 0 Å². The van der Waals surface area contributed by atoms with Crippen molar-refractivity contribution in [3.63, 3.8) is 0 Å². The van der Waals surface area contributed by atoms with Gasteiger partial charge in [-0.3, -0.25) is 0 Å². The van der Waals surface area contributed by atoms with E-state index in [-0.39, 0.29) is 0 Å². The summed E-state index contributed by atoms with van der Waals surface area (Å²) in [6, 6.07) is 0. The maximum Gasteiger partial charge on any atom is 0.0415 e. The molecule has 0 amide bonds. The molecule has 0 aliphatic carbocycles. The van der Waals surface area contributed by atoms with E-state index >= 15 is 0 Å². The Kier molecular flexibility index (Phi) is 5.66. The molecule has 0 bridgehead atoms. The fourth-order valence-corrected chi connectivity index (χ4v) is 1.19. The first-order valence-corrected chi connectivity index (χ1v) is 4.15. The van der Waals surface area contributed by atoms with E-state index in [9.17, 15) is 0 Å². The summed E-state index contributed by atoms with van der Waals surface area (Å²) >= 11 is 1.95. The molecule has 0 heterocycles. The quantitative estimate of drug-likeness (QED) is 0.461. The van der Waals surface area contributed by atoms with Crippen molar-refractivity contribution in [2.45, 2.75) is 13.8 Å². The van der Waals surface area contributed by atoms with Crippen LogP contribution in [-0.4, -0.2) is 18.7 Å². The van der Waals surface area contributed by atoms with E-state index in [1.54, 1.807) is 0 Å². The predicted octanol–water partition coefficient (Wildman–Crippen LogP) is 1.55. The second-order valence-electron chi connectivity index (χ2n) is 2.26. The second kappa shape index (κ2) is 5.45. The molecule has 0 spiro atoms. The van der Waals surface area contributed by atoms with Crippen LogP contribution in [0.5, 0.6) is 0 Å². The van der Waals surface area contributed by atoms with E-state index in [1.165, 1.54) is 5.75 Å². The Morgan fingerprint density at radius 3 is 2.50 bits per heavy atom. The highest BCUT2D eigenvalue weighted by Gasteiger charge is 1.90. The number of hydrogen-bond acceptors (Lipinski definition) is 2. The molecule has 8 heavy (non-hydrogen) atoms. The molecular weight excluding hydrogens is 118 g/mol. The van der Waals surface area contributed by atoms with Gasteiger partial charge < -0.3 is 5.32 Å². The van der Waals surface area contributed by atoms with E-state index in [2.05, 4.69) is 19.2 Å². The zero-order valence-electron chi connectivity index (χ0n) is 5.90. The highest BCUT2D eigenvalue weighted by Crippen LogP contribution is 2.04. The fraction of sp³-hybridized carbons (Fsp3) is 1.00. The minimum atomic E-state index is 0.827. The SMILES string of the molecule is CNCSCC(C)C. The summed E-state index contributed by atoms with van der Waals surface area (Å²) in [7, 11) is 1.98. The molecule has 0 atom stereocenters. The third-order valence-electron chi connectivity index (χ3n) is 0.698. The van der Waals surface area contributed by atoms with Crippen molar-refractivity contribution in [1.29, 1.82) is 0 Å². The summed E-state index contributed by atoms with van der Waals surface area (Å²) in [5, 5.41) is 3.09. The van der Waals surface area contributed by atoms with Gasteiger partial charge >= 0.3 is 0 Å². The zero-order chi connectivity index (χ0) is 6.41. The monoisotopic (exact) mass is 133 g/mol. The first-order chi connectivity index (χ1) is 3.77. The van der Waals surface area contributed by atoms with Gasteiger partial charge in [-0.1, -0.05) is 13.8 Å². The highest BCUT2D eigenvalue weighted by atomic mass is 32.2. The van der Waals surface area contributed by atoms with Crippen LogP contribution in [0.3, 0.4) is 0 Å². The minimum Gasteiger partial charge on any atom is -0.311 e. The summed E-state index contributed by atoms with van der Waals surface area (Å²) in [5.41, 5.74) is 0. The van der Waals surface area contributed by atoms with E-state index in [0.717, 1.165) is 11.8 Å². The molecule has 0 aromatic heterocycles. The van der Waals surface area contributed by atoms with E-state index < -0.39 is 0 Å². The minimum absolute atomic E-state index is 0.827. The lowest BCUT2D eigenvalue weighted by Gasteiger charge is -2.01. The summed E-state index contributed by atoms with van der Waals surface area (Å²) in [5.74, 6) is 3.17. The largest absolute Gasteiger partial charge is 0.311 e. The third-order valence-corrected chi connectivity index (χ3v) is 2.09. The first-order valence-electron chi connectivity index (χ1n) is 2.99. The van der Waals surface area contributed by atoms with Gasteiger partial charge in [-0.25, -0.2) is 0 Å². The molecule has 0 fully saturated rings. The van der Waals surface area contributed by atoms with Gasteiger partial charge in [0.15, 0.2) is 0 Å². The van der Waals surface area contributed by atoms with Crippen LogP contribution in [0.25, 0.3) is 0 Å². The van der Waals surface area contributed by atoms with Gasteiger partial charge in [0.2, 0.25) is 0 Å². The second-order valence-corrected chi connectivity index (χ2v) is 3.29. The zero-order valence-corrected chi connectivity index (χ0v) is 6.72. The van der Waals surface area contributed by atoms with E-state index in [0.29, 0.717) is 0 Å². The molecule has 0 aliphatic heterocycles. The van der Waals surface area contributed by atoms with Gasteiger partial charge in [-0.05, 0) is 18.7 Å². The molecular formula is C6H15NS. The van der Waals surface area contributed by atoms with Gasteiger partial charge in [-0.15, -0.1) is 11.8 Å². The Morgan fingerprint density at radius 1 is 1.50 bits per heavy atom. The standard InChI is InChI=1S/C6H15NS/c1-6(2)4-8-5-7-3/h6-7H,4-5H2,1-3H3. The fourth-order valence-electron chi connectivity index (χ4n) is 0.397. The lowest BCUT2D eigenvalue weighted by molar-refractivity contribution is 0.749. The van der Waals surface area contributed by atoms with E-state index in [1.807, 2.05) is 18.8 Å². The normalized spacial score (nSPS) is 10.5. The smallest absolute Gasteiger partial charge is 0.0415 e. The van der Waals surface area contributed by atoms with Crippen LogP contribution in [0, 0.1) is 5.92 Å². The van der Waals surface area contributed by atoms with Crippen molar-refractivity contribution < 1.29 is 0 Å². The molecule has 0 saturated heterocycles. The number of hydrogen-bond donors (Lipinski definition) is 1. The number of thioether (sulfide) groups is 1. The Bertz CT molecular complexity index is 45.8. The lowest BCUT2D eigenvalue weighted by atomic mass is 10.3. The van der Waals surface area contributed by atoms with Crippen molar-refractivity contribution in [2.75, 3.05) is 18.7 Å². The predicted molar refractivity (Wildman–Crippen MR) is 41.2 cm³/mol. The highest BCUT2D eigenvalue weighted by molar-refractivity contribution is 7.99. The van der Waals surface area contributed by atoms with Crippen LogP contribution in [0.1, 0.15) is 13.8 Å². The van der Waals surface area contributed by atoms with Crippen molar-refractivity contribution in [1.82, 2.24) is 5.32 Å². The van der Waals surface area contributed by atoms with Crippen LogP contribution in [0.15, 0.2) is 0 Å². The molecule has 0 saturated carbocycles. The molecule has 0 aromatic carbocycles. The number of nitrogens with one attached hydrogen (secondary N) is 1. The Balaban J connectivity index is 2.72. The number of rotatable bonds is 4. The topological polar surface area (TPSA) is 12.0 Å². The van der Waals surface area contributed by atoms with E-state index in [4.69, 9.17) is 0 Å². The summed E-state index contributed by atoms with van der Waals surface area (Å²) in [6.45, 7) is 4.48. The Labute approximate surface area is 56.2 Å². The van der Waals surface area contributed by atoms with Crippen LogP contribution in [0.2, 0.25) is 0 Å². The molecule has 2 heteroatoms. The first kappa shape index (κ1) is 8.31. The third kappa shape index (κ3) is 6.31. The molecule has 0 unspecified atom stereocenters. The van der Waals surface area contributed by atoms with Crippen molar-refractivity contribution in [2.24, 2.45) is 5.92 Å². The maximum absolute atomic E-state index is 3.09. The lowest BCUT2D eigenvalue weighted by Crippen LogP contribution is -2.05. The molecule has 0 rings (SSSR count). The van der Waals surface area contributed by atoms with Crippen molar-refractivity contribution in [3.8, 4) is 0 Å². The van der Waals surface area contributed by atoms with Crippen LogP contribution >= 0.6 is 11.8 Å². The molecule has 0 aromatic rings. The van der Waals surface area contributed by atoms with Crippen LogP contribution < -0.4 is 5.32 Å².